The van der Waals surface area contributed by atoms with Crippen molar-refractivity contribution in [2.24, 2.45) is 11.7 Å². The lowest BCUT2D eigenvalue weighted by Crippen LogP contribution is -2.11. The van der Waals surface area contributed by atoms with Crippen molar-refractivity contribution in [2.75, 3.05) is 0 Å². The fourth-order valence-electron chi connectivity index (χ4n) is 1.48. The SMILES string of the molecule is Cc1cc(C(N)CCC(C)C)ccn1. The van der Waals surface area contributed by atoms with E-state index in [0.29, 0.717) is 0 Å². The number of rotatable bonds is 4. The van der Waals surface area contributed by atoms with Gasteiger partial charge in [-0.05, 0) is 43.4 Å². The van der Waals surface area contributed by atoms with Crippen molar-refractivity contribution in [3.8, 4) is 0 Å². The van der Waals surface area contributed by atoms with E-state index in [1.165, 1.54) is 12.0 Å². The van der Waals surface area contributed by atoms with Crippen molar-refractivity contribution in [1.29, 1.82) is 0 Å². The highest BCUT2D eigenvalue weighted by Gasteiger charge is 2.06. The zero-order valence-corrected chi connectivity index (χ0v) is 9.33. The maximum absolute atomic E-state index is 6.08. The zero-order valence-electron chi connectivity index (χ0n) is 9.33. The molecule has 0 aliphatic rings. The molecule has 2 heteroatoms. The van der Waals surface area contributed by atoms with Crippen LogP contribution in [-0.2, 0) is 0 Å². The first-order valence-electron chi connectivity index (χ1n) is 5.27. The van der Waals surface area contributed by atoms with E-state index < -0.39 is 0 Å². The Labute approximate surface area is 86.5 Å². The minimum atomic E-state index is 0.166. The summed E-state index contributed by atoms with van der Waals surface area (Å²) in [5.74, 6) is 0.726. The van der Waals surface area contributed by atoms with Crippen molar-refractivity contribution in [1.82, 2.24) is 4.98 Å². The molecule has 2 N–H and O–H groups in total. The summed E-state index contributed by atoms with van der Waals surface area (Å²) < 4.78 is 0. The van der Waals surface area contributed by atoms with Gasteiger partial charge in [-0.2, -0.15) is 0 Å². The molecule has 0 aliphatic heterocycles. The Kier molecular flexibility index (Phi) is 4.08. The number of aryl methyl sites for hydroxylation is 1. The number of hydrogen-bond donors (Lipinski definition) is 1. The fourth-order valence-corrected chi connectivity index (χ4v) is 1.48. The highest BCUT2D eigenvalue weighted by atomic mass is 14.7. The number of pyridine rings is 1. The summed E-state index contributed by atoms with van der Waals surface area (Å²) in [6.45, 7) is 6.45. The van der Waals surface area contributed by atoms with E-state index >= 15 is 0 Å². The van der Waals surface area contributed by atoms with E-state index in [4.69, 9.17) is 5.73 Å². The number of nitrogens with two attached hydrogens (primary N) is 1. The fraction of sp³-hybridized carbons (Fsp3) is 0.583. The summed E-state index contributed by atoms with van der Waals surface area (Å²) >= 11 is 0. The summed E-state index contributed by atoms with van der Waals surface area (Å²) in [5.41, 5.74) is 8.33. The first-order valence-corrected chi connectivity index (χ1v) is 5.27. The van der Waals surface area contributed by atoms with Crippen LogP contribution < -0.4 is 5.73 Å². The summed E-state index contributed by atoms with van der Waals surface area (Å²) in [7, 11) is 0. The normalized spacial score (nSPS) is 13.2. The van der Waals surface area contributed by atoms with Gasteiger partial charge in [0.25, 0.3) is 0 Å². The minimum absolute atomic E-state index is 0.166. The lowest BCUT2D eigenvalue weighted by atomic mass is 9.99. The van der Waals surface area contributed by atoms with Crippen molar-refractivity contribution in [3.05, 3.63) is 29.6 Å². The van der Waals surface area contributed by atoms with Crippen molar-refractivity contribution in [2.45, 2.75) is 39.7 Å². The molecule has 0 saturated heterocycles. The minimum Gasteiger partial charge on any atom is -0.324 e. The van der Waals surface area contributed by atoms with Gasteiger partial charge in [0.2, 0.25) is 0 Å². The van der Waals surface area contributed by atoms with Crippen LogP contribution in [0.5, 0.6) is 0 Å². The Balaban J connectivity index is 2.56. The molecule has 1 rings (SSSR count). The van der Waals surface area contributed by atoms with E-state index in [1.54, 1.807) is 0 Å². The molecule has 1 unspecified atom stereocenters. The second-order valence-corrected chi connectivity index (χ2v) is 4.31. The quantitative estimate of drug-likeness (QED) is 0.796. The lowest BCUT2D eigenvalue weighted by molar-refractivity contribution is 0.507. The molecule has 78 valence electrons. The average Bonchev–Trinajstić information content (AvgIpc) is 2.14. The Morgan fingerprint density at radius 2 is 2.07 bits per heavy atom. The van der Waals surface area contributed by atoms with Crippen molar-refractivity contribution in [3.63, 3.8) is 0 Å². The third-order valence-corrected chi connectivity index (χ3v) is 2.40. The third-order valence-electron chi connectivity index (χ3n) is 2.40. The van der Waals surface area contributed by atoms with Gasteiger partial charge >= 0.3 is 0 Å². The average molecular weight is 192 g/mol. The summed E-state index contributed by atoms with van der Waals surface area (Å²) in [4.78, 5) is 4.16. The van der Waals surface area contributed by atoms with Crippen LogP contribution in [0.25, 0.3) is 0 Å². The summed E-state index contributed by atoms with van der Waals surface area (Å²) in [6, 6.07) is 4.25. The molecule has 0 spiro atoms. The summed E-state index contributed by atoms with van der Waals surface area (Å²) in [6.07, 6.45) is 4.07. The molecule has 0 saturated carbocycles. The maximum atomic E-state index is 6.08. The summed E-state index contributed by atoms with van der Waals surface area (Å²) in [5, 5.41) is 0. The smallest absolute Gasteiger partial charge is 0.0375 e. The van der Waals surface area contributed by atoms with Gasteiger partial charge in [-0.15, -0.1) is 0 Å². The lowest BCUT2D eigenvalue weighted by Gasteiger charge is -2.13. The number of hydrogen-bond acceptors (Lipinski definition) is 2. The van der Waals surface area contributed by atoms with Crippen molar-refractivity contribution < 1.29 is 0 Å². The van der Waals surface area contributed by atoms with Crippen LogP contribution in [0.2, 0.25) is 0 Å². The molecule has 1 heterocycles. The van der Waals surface area contributed by atoms with Crippen LogP contribution in [0.4, 0.5) is 0 Å². The molecule has 0 amide bonds. The Hall–Kier alpha value is -0.890. The van der Waals surface area contributed by atoms with E-state index in [0.717, 1.165) is 18.0 Å². The molecular weight excluding hydrogens is 172 g/mol. The molecule has 0 bridgehead atoms. The van der Waals surface area contributed by atoms with E-state index in [-0.39, 0.29) is 6.04 Å². The van der Waals surface area contributed by atoms with Gasteiger partial charge in [0, 0.05) is 17.9 Å². The van der Waals surface area contributed by atoms with Gasteiger partial charge in [0.05, 0.1) is 0 Å². The molecule has 1 aromatic rings. The van der Waals surface area contributed by atoms with Gasteiger partial charge < -0.3 is 5.73 Å². The van der Waals surface area contributed by atoms with Gasteiger partial charge in [-0.1, -0.05) is 13.8 Å². The maximum Gasteiger partial charge on any atom is 0.0375 e. The van der Waals surface area contributed by atoms with Crippen LogP contribution in [0.15, 0.2) is 18.3 Å². The largest absolute Gasteiger partial charge is 0.324 e. The molecule has 0 radical (unpaired) electrons. The van der Waals surface area contributed by atoms with Crippen LogP contribution in [0.3, 0.4) is 0 Å². The van der Waals surface area contributed by atoms with Crippen LogP contribution >= 0.6 is 0 Å². The predicted molar refractivity (Wildman–Crippen MR) is 60.0 cm³/mol. The van der Waals surface area contributed by atoms with Crippen LogP contribution in [-0.4, -0.2) is 4.98 Å². The first-order chi connectivity index (χ1) is 6.59. The highest BCUT2D eigenvalue weighted by molar-refractivity contribution is 5.18. The topological polar surface area (TPSA) is 38.9 Å². The predicted octanol–water partition coefficient (Wildman–Crippen LogP) is 2.83. The van der Waals surface area contributed by atoms with E-state index in [9.17, 15) is 0 Å². The van der Waals surface area contributed by atoms with E-state index in [2.05, 4.69) is 24.9 Å². The molecule has 1 aromatic heterocycles. The third kappa shape index (κ3) is 3.46. The van der Waals surface area contributed by atoms with Gasteiger partial charge in [0.15, 0.2) is 0 Å². The van der Waals surface area contributed by atoms with E-state index in [1.807, 2.05) is 19.2 Å². The van der Waals surface area contributed by atoms with Gasteiger partial charge in [-0.25, -0.2) is 0 Å². The molecular formula is C12H20N2. The Bertz CT molecular complexity index is 281. The number of nitrogens with zero attached hydrogens (tertiary/aromatic N) is 1. The molecule has 0 aromatic carbocycles. The zero-order chi connectivity index (χ0) is 10.6. The molecule has 0 fully saturated rings. The van der Waals surface area contributed by atoms with Gasteiger partial charge in [0.1, 0.15) is 0 Å². The molecule has 14 heavy (non-hydrogen) atoms. The highest BCUT2D eigenvalue weighted by Crippen LogP contribution is 2.18. The molecule has 1 atom stereocenters. The second kappa shape index (κ2) is 5.11. The number of aromatic nitrogens is 1. The standard InChI is InChI=1S/C12H20N2/c1-9(2)4-5-12(13)11-6-7-14-10(3)8-11/h6-9,12H,4-5,13H2,1-3H3. The van der Waals surface area contributed by atoms with Crippen LogP contribution in [0.1, 0.15) is 44.0 Å². The van der Waals surface area contributed by atoms with Crippen LogP contribution in [0, 0.1) is 12.8 Å². The van der Waals surface area contributed by atoms with Crippen molar-refractivity contribution >= 4 is 0 Å². The van der Waals surface area contributed by atoms with Gasteiger partial charge in [-0.3, -0.25) is 4.98 Å². The second-order valence-electron chi connectivity index (χ2n) is 4.31. The Morgan fingerprint density at radius 1 is 1.36 bits per heavy atom. The first kappa shape index (κ1) is 11.2. The molecule has 0 aliphatic carbocycles. The Morgan fingerprint density at radius 3 is 2.64 bits per heavy atom. The molecule has 2 nitrogen and oxygen atoms in total. The monoisotopic (exact) mass is 192 g/mol.